The quantitative estimate of drug-likeness (QED) is 0.842. The van der Waals surface area contributed by atoms with Crippen molar-refractivity contribution in [2.75, 3.05) is 0 Å². The van der Waals surface area contributed by atoms with Crippen molar-refractivity contribution >= 4 is 29.0 Å². The summed E-state index contributed by atoms with van der Waals surface area (Å²) in [7, 11) is 0. The summed E-state index contributed by atoms with van der Waals surface area (Å²) in [6.07, 6.45) is 0. The molecule has 0 unspecified atom stereocenters. The number of halogens is 1. The number of nitrogens with zero attached hydrogens (tertiary/aromatic N) is 1. The van der Waals surface area contributed by atoms with Crippen molar-refractivity contribution in [3.8, 4) is 6.07 Å². The van der Waals surface area contributed by atoms with Gasteiger partial charge in [-0.25, -0.2) is 4.79 Å². The molecule has 1 aromatic rings. The molecule has 0 saturated heterocycles. The first kappa shape index (κ1) is 10.9. The fraction of sp³-hybridized carbons (Fsp3) is 0.111. The standard InChI is InChI=1S/C9H6INO3/c10-14-9(13)8-2-1-6(4-11)3-7(8)5-12/h1-3,12H,5H2. The van der Waals surface area contributed by atoms with Gasteiger partial charge in [0.1, 0.15) is 0 Å². The molecule has 1 aromatic carbocycles. The summed E-state index contributed by atoms with van der Waals surface area (Å²) in [5.41, 5.74) is 1.07. The molecule has 0 aliphatic heterocycles. The van der Waals surface area contributed by atoms with Crippen molar-refractivity contribution in [1.29, 1.82) is 5.26 Å². The van der Waals surface area contributed by atoms with Crippen LogP contribution in [-0.4, -0.2) is 11.1 Å². The van der Waals surface area contributed by atoms with E-state index in [-0.39, 0.29) is 12.2 Å². The molecule has 1 rings (SSSR count). The topological polar surface area (TPSA) is 70.3 Å². The van der Waals surface area contributed by atoms with Crippen LogP contribution in [0.2, 0.25) is 0 Å². The predicted molar refractivity (Wildman–Crippen MR) is 56.5 cm³/mol. The minimum absolute atomic E-state index is 0.279. The zero-order chi connectivity index (χ0) is 10.6. The van der Waals surface area contributed by atoms with Crippen LogP contribution in [0.25, 0.3) is 0 Å². The highest BCUT2D eigenvalue weighted by atomic mass is 127. The molecular formula is C9H6INO3. The molecule has 0 atom stereocenters. The lowest BCUT2D eigenvalue weighted by Gasteiger charge is -2.03. The van der Waals surface area contributed by atoms with Crippen LogP contribution in [0, 0.1) is 11.3 Å². The molecule has 0 aromatic heterocycles. The number of nitriles is 1. The van der Waals surface area contributed by atoms with E-state index in [1.54, 1.807) is 0 Å². The number of hydrogen-bond donors (Lipinski definition) is 1. The molecule has 0 aliphatic carbocycles. The maximum atomic E-state index is 11.2. The Kier molecular flexibility index (Phi) is 3.85. The maximum Gasteiger partial charge on any atom is 0.347 e. The van der Waals surface area contributed by atoms with Gasteiger partial charge in [0.15, 0.2) is 23.0 Å². The molecule has 4 nitrogen and oxygen atoms in total. The first-order valence-electron chi connectivity index (χ1n) is 3.69. The first-order chi connectivity index (χ1) is 6.72. The molecule has 0 bridgehead atoms. The molecule has 1 N–H and O–H groups in total. The van der Waals surface area contributed by atoms with Crippen LogP contribution < -0.4 is 0 Å². The van der Waals surface area contributed by atoms with Gasteiger partial charge in [-0.3, -0.25) is 0 Å². The fourth-order valence-electron chi connectivity index (χ4n) is 1.03. The number of carbonyl (C=O) groups is 1. The molecule has 5 heteroatoms. The zero-order valence-corrected chi connectivity index (χ0v) is 9.19. The van der Waals surface area contributed by atoms with Gasteiger partial charge in [-0.05, 0) is 23.8 Å². The van der Waals surface area contributed by atoms with Crippen LogP contribution >= 0.6 is 23.0 Å². The van der Waals surface area contributed by atoms with Crippen LogP contribution in [0.15, 0.2) is 18.2 Å². The van der Waals surface area contributed by atoms with E-state index in [0.717, 1.165) is 0 Å². The van der Waals surface area contributed by atoms with Gasteiger partial charge in [0, 0.05) is 0 Å². The van der Waals surface area contributed by atoms with E-state index in [2.05, 4.69) is 3.07 Å². The summed E-state index contributed by atoms with van der Waals surface area (Å²) < 4.78 is 4.49. The van der Waals surface area contributed by atoms with Gasteiger partial charge < -0.3 is 8.17 Å². The molecule has 0 fully saturated rings. The Hall–Kier alpha value is -1.13. The molecule has 0 amide bonds. The van der Waals surface area contributed by atoms with E-state index < -0.39 is 5.97 Å². The Balaban J connectivity index is 3.19. The van der Waals surface area contributed by atoms with Crippen molar-refractivity contribution in [2.24, 2.45) is 0 Å². The van der Waals surface area contributed by atoms with Crippen molar-refractivity contribution in [3.05, 3.63) is 34.9 Å². The Labute approximate surface area is 94.8 Å². The summed E-state index contributed by atoms with van der Waals surface area (Å²) in [5, 5.41) is 17.6. The van der Waals surface area contributed by atoms with E-state index in [0.29, 0.717) is 11.1 Å². The van der Waals surface area contributed by atoms with E-state index in [4.69, 9.17) is 10.4 Å². The zero-order valence-electron chi connectivity index (χ0n) is 7.03. The summed E-state index contributed by atoms with van der Waals surface area (Å²) in [6.45, 7) is -0.295. The van der Waals surface area contributed by atoms with E-state index in [1.807, 2.05) is 6.07 Å². The Morgan fingerprint density at radius 3 is 2.86 bits per heavy atom. The Morgan fingerprint density at radius 1 is 1.64 bits per heavy atom. The van der Waals surface area contributed by atoms with Gasteiger partial charge in [-0.2, -0.15) is 5.26 Å². The SMILES string of the molecule is N#Cc1ccc(C(=O)OI)c(CO)c1. The highest BCUT2D eigenvalue weighted by molar-refractivity contribution is 14.1. The van der Waals surface area contributed by atoms with Gasteiger partial charge >= 0.3 is 5.97 Å². The number of hydrogen-bond acceptors (Lipinski definition) is 4. The lowest BCUT2D eigenvalue weighted by molar-refractivity contribution is 0.0797. The van der Waals surface area contributed by atoms with Gasteiger partial charge in [0.2, 0.25) is 0 Å². The second-order valence-electron chi connectivity index (χ2n) is 2.51. The molecule has 14 heavy (non-hydrogen) atoms. The van der Waals surface area contributed by atoms with Crippen molar-refractivity contribution in [1.82, 2.24) is 0 Å². The minimum atomic E-state index is -0.529. The van der Waals surface area contributed by atoms with Crippen LogP contribution in [0.4, 0.5) is 0 Å². The van der Waals surface area contributed by atoms with E-state index >= 15 is 0 Å². The Bertz CT molecular complexity index is 398. The van der Waals surface area contributed by atoms with Crippen LogP contribution in [-0.2, 0) is 9.67 Å². The normalized spacial score (nSPS) is 9.21. The predicted octanol–water partition coefficient (Wildman–Crippen LogP) is 1.56. The monoisotopic (exact) mass is 303 g/mol. The maximum absolute atomic E-state index is 11.2. The van der Waals surface area contributed by atoms with Crippen molar-refractivity contribution in [3.63, 3.8) is 0 Å². The molecular weight excluding hydrogens is 297 g/mol. The average molecular weight is 303 g/mol. The summed E-state index contributed by atoms with van der Waals surface area (Å²) in [6, 6.07) is 6.35. The first-order valence-corrected chi connectivity index (χ1v) is 4.57. The number of carbonyl (C=O) groups excluding carboxylic acids is 1. The van der Waals surface area contributed by atoms with Gasteiger partial charge in [0.25, 0.3) is 0 Å². The molecule has 0 aliphatic rings. The molecule has 0 saturated carbocycles. The van der Waals surface area contributed by atoms with Crippen LogP contribution in [0.3, 0.4) is 0 Å². The van der Waals surface area contributed by atoms with Gasteiger partial charge in [-0.15, -0.1) is 0 Å². The highest BCUT2D eigenvalue weighted by Gasteiger charge is 2.11. The van der Waals surface area contributed by atoms with Gasteiger partial charge in [-0.1, -0.05) is 0 Å². The Morgan fingerprint density at radius 2 is 2.36 bits per heavy atom. The molecule has 0 spiro atoms. The number of benzene rings is 1. The number of aliphatic hydroxyl groups is 1. The fourth-order valence-corrected chi connectivity index (χ4v) is 1.27. The second kappa shape index (κ2) is 4.93. The summed E-state index contributed by atoms with van der Waals surface area (Å²) in [5.74, 6) is -0.529. The van der Waals surface area contributed by atoms with Crippen molar-refractivity contribution in [2.45, 2.75) is 6.61 Å². The molecule has 0 heterocycles. The van der Waals surface area contributed by atoms with E-state index in [1.165, 1.54) is 41.2 Å². The third-order valence-electron chi connectivity index (χ3n) is 1.69. The number of aliphatic hydroxyl groups excluding tert-OH is 1. The summed E-state index contributed by atoms with van der Waals surface area (Å²) in [4.78, 5) is 11.2. The van der Waals surface area contributed by atoms with Crippen LogP contribution in [0.5, 0.6) is 0 Å². The van der Waals surface area contributed by atoms with Crippen LogP contribution in [0.1, 0.15) is 21.5 Å². The third kappa shape index (κ3) is 2.21. The lowest BCUT2D eigenvalue weighted by atomic mass is 10.1. The smallest absolute Gasteiger partial charge is 0.347 e. The molecule has 0 radical (unpaired) electrons. The lowest BCUT2D eigenvalue weighted by Crippen LogP contribution is -2.03. The second-order valence-corrected chi connectivity index (χ2v) is 2.95. The summed E-state index contributed by atoms with van der Waals surface area (Å²) >= 11 is 1.47. The third-order valence-corrected chi connectivity index (χ3v) is 2.09. The largest absolute Gasteiger partial charge is 0.392 e. The van der Waals surface area contributed by atoms with Crippen molar-refractivity contribution < 1.29 is 13.0 Å². The molecule has 72 valence electrons. The highest BCUT2D eigenvalue weighted by Crippen LogP contribution is 2.14. The minimum Gasteiger partial charge on any atom is -0.392 e. The number of rotatable bonds is 2. The van der Waals surface area contributed by atoms with E-state index in [9.17, 15) is 4.79 Å². The van der Waals surface area contributed by atoms with Gasteiger partial charge in [0.05, 0.1) is 23.8 Å². The average Bonchev–Trinajstić information content (AvgIpc) is 2.27.